The largest absolute Gasteiger partial charge is 0.392 e. The van der Waals surface area contributed by atoms with Gasteiger partial charge in [0.05, 0.1) is 12.2 Å². The molecule has 12 nitrogen and oxygen atoms in total. The first-order chi connectivity index (χ1) is 20.9. The maximum absolute atomic E-state index is 12.0. The van der Waals surface area contributed by atoms with Crippen LogP contribution in [0.25, 0.3) is 0 Å². The monoisotopic (exact) mass is 666 g/mol. The van der Waals surface area contributed by atoms with E-state index >= 15 is 0 Å². The Kier molecular flexibility index (Phi) is 14.9. The molecule has 6 fully saturated rings. The molecule has 0 radical (unpaired) electrons. The second-order valence-electron chi connectivity index (χ2n) is 14.1. The molecule has 0 aromatic heterocycles. The normalized spacial score (nSPS) is 36.1. The predicted octanol–water partition coefficient (Wildman–Crippen LogP) is 4.36. The van der Waals surface area contributed by atoms with E-state index < -0.39 is 0 Å². The quantitative estimate of drug-likeness (QED) is 0.0932. The second-order valence-corrected chi connectivity index (χ2v) is 15.5. The van der Waals surface area contributed by atoms with Gasteiger partial charge in [0.15, 0.2) is 0 Å². The SMILES string of the molecule is CC1(C)C2CCC1(CSOOO)C(=O)C2.CC1(C)C2CCC1(CSOOO)C(=O)C2.OC1CCCNC1.O[C@@H]1CCCNC1. The average molecular weight is 667 g/mol. The van der Waals surface area contributed by atoms with Crippen LogP contribution in [0.2, 0.25) is 0 Å². The zero-order chi connectivity index (χ0) is 32.4. The lowest BCUT2D eigenvalue weighted by Gasteiger charge is -2.35. The van der Waals surface area contributed by atoms with Crippen LogP contribution in [0.1, 0.15) is 91.9 Å². The smallest absolute Gasteiger partial charge is 0.140 e. The Bertz CT molecular complexity index is 844. The third-order valence-electron chi connectivity index (χ3n) is 11.6. The Balaban J connectivity index is 0.000000170. The van der Waals surface area contributed by atoms with Gasteiger partial charge >= 0.3 is 0 Å². The molecular formula is C30H54N2O10S2. The van der Waals surface area contributed by atoms with Crippen molar-refractivity contribution in [3.63, 3.8) is 0 Å². The first-order valence-electron chi connectivity index (χ1n) is 15.9. The van der Waals surface area contributed by atoms with Gasteiger partial charge in [-0.05, 0) is 87.1 Å². The molecule has 0 amide bonds. The number of piperidine rings is 2. The fourth-order valence-electron chi connectivity index (χ4n) is 8.18. The molecule has 4 aliphatic carbocycles. The van der Waals surface area contributed by atoms with Crippen LogP contribution >= 0.6 is 24.1 Å². The van der Waals surface area contributed by atoms with Crippen molar-refractivity contribution in [2.45, 2.75) is 104 Å². The van der Waals surface area contributed by atoms with Gasteiger partial charge in [0, 0.05) is 72.4 Å². The highest BCUT2D eigenvalue weighted by Gasteiger charge is 2.65. The molecule has 6 N–H and O–H groups in total. The topological polar surface area (TPSA) is 176 Å². The van der Waals surface area contributed by atoms with Crippen LogP contribution in [0.4, 0.5) is 0 Å². The van der Waals surface area contributed by atoms with E-state index in [2.05, 4.69) is 57.1 Å². The molecule has 256 valence electrons. The molecule has 5 unspecified atom stereocenters. The van der Waals surface area contributed by atoms with Crippen LogP contribution in [0.15, 0.2) is 0 Å². The second kappa shape index (κ2) is 17.2. The number of rotatable bonds is 8. The fraction of sp³-hybridized carbons (Fsp3) is 0.933. The van der Waals surface area contributed by atoms with Gasteiger partial charge in [-0.1, -0.05) is 37.8 Å². The number of Topliss-reactive ketones (excluding diaryl/α,β-unsaturated/α-hetero) is 2. The van der Waals surface area contributed by atoms with Crippen molar-refractivity contribution in [2.24, 2.45) is 33.5 Å². The van der Waals surface area contributed by atoms with E-state index in [1.165, 1.54) is 0 Å². The molecular weight excluding hydrogens is 612 g/mol. The van der Waals surface area contributed by atoms with Gasteiger partial charge in [0.25, 0.3) is 0 Å². The van der Waals surface area contributed by atoms with Crippen molar-refractivity contribution in [3.05, 3.63) is 0 Å². The van der Waals surface area contributed by atoms with Crippen molar-refractivity contribution in [2.75, 3.05) is 37.7 Å². The summed E-state index contributed by atoms with van der Waals surface area (Å²) in [4.78, 5) is 24.0. The highest BCUT2D eigenvalue weighted by molar-refractivity contribution is 7.94. The lowest BCUT2D eigenvalue weighted by Crippen LogP contribution is -2.38. The van der Waals surface area contributed by atoms with Gasteiger partial charge in [0.2, 0.25) is 0 Å². The Morgan fingerprint density at radius 3 is 1.30 bits per heavy atom. The van der Waals surface area contributed by atoms with Crippen molar-refractivity contribution in [1.82, 2.24) is 10.6 Å². The number of nitrogens with one attached hydrogen (secondary N) is 2. The third-order valence-corrected chi connectivity index (χ3v) is 13.1. The van der Waals surface area contributed by atoms with Gasteiger partial charge in [-0.25, -0.2) is 10.5 Å². The van der Waals surface area contributed by atoms with E-state index in [4.69, 9.17) is 20.7 Å². The maximum atomic E-state index is 12.0. The summed E-state index contributed by atoms with van der Waals surface area (Å²) in [6, 6.07) is 0. The summed E-state index contributed by atoms with van der Waals surface area (Å²) in [5, 5.41) is 47.1. The standard InChI is InChI=1S/2C10H16O4S.2C5H11NO/c2*1-9(2)7-3-4-10(9,8(11)5-7)6-15-14-13-12;2*7-5-2-1-3-6-4-5/h2*7,12H,3-6H2,1-2H3;2*5-7H,1-4H2/t;;5-;/m..1./s1. The lowest BCUT2D eigenvalue weighted by atomic mass is 9.70. The summed E-state index contributed by atoms with van der Waals surface area (Å²) in [6.07, 6.45) is 9.58. The molecule has 2 aliphatic heterocycles. The number of fused-ring (bicyclic) bond motifs is 4. The zero-order valence-electron chi connectivity index (χ0n) is 26.7. The molecule has 44 heavy (non-hydrogen) atoms. The average Bonchev–Trinajstić information content (AvgIpc) is 3.53. The van der Waals surface area contributed by atoms with Crippen LogP contribution in [0.5, 0.6) is 0 Å². The van der Waals surface area contributed by atoms with Crippen LogP contribution in [-0.2, 0) is 28.3 Å². The van der Waals surface area contributed by atoms with Gasteiger partial charge in [-0.15, -0.1) is 8.67 Å². The predicted molar refractivity (Wildman–Crippen MR) is 168 cm³/mol. The number of aliphatic hydroxyl groups is 2. The molecule has 2 heterocycles. The fourth-order valence-corrected chi connectivity index (χ4v) is 10.1. The molecule has 6 rings (SSSR count). The molecule has 0 aromatic carbocycles. The van der Waals surface area contributed by atoms with Gasteiger partial charge in [-0.3, -0.25) is 9.59 Å². The number of hydrogen-bond donors (Lipinski definition) is 6. The Morgan fingerprint density at radius 1 is 0.705 bits per heavy atom. The van der Waals surface area contributed by atoms with Crippen LogP contribution in [0.3, 0.4) is 0 Å². The van der Waals surface area contributed by atoms with Crippen LogP contribution in [0, 0.1) is 33.5 Å². The van der Waals surface area contributed by atoms with E-state index in [1.807, 2.05) is 0 Å². The third kappa shape index (κ3) is 8.56. The molecule has 2 saturated heterocycles. The summed E-state index contributed by atoms with van der Waals surface area (Å²) < 4.78 is 8.80. The van der Waals surface area contributed by atoms with Crippen molar-refractivity contribution in [3.8, 4) is 0 Å². The van der Waals surface area contributed by atoms with Crippen molar-refractivity contribution < 1.29 is 49.1 Å². The van der Waals surface area contributed by atoms with Gasteiger partial charge in [0.1, 0.15) is 11.6 Å². The van der Waals surface area contributed by atoms with Crippen molar-refractivity contribution >= 4 is 35.7 Å². The van der Waals surface area contributed by atoms with E-state index in [0.717, 1.165) is 102 Å². The highest BCUT2D eigenvalue weighted by Crippen LogP contribution is 2.65. The summed E-state index contributed by atoms with van der Waals surface area (Å²) in [5.74, 6) is 2.85. The summed E-state index contributed by atoms with van der Waals surface area (Å²) in [5.41, 5.74) is -0.451. The summed E-state index contributed by atoms with van der Waals surface area (Å²) >= 11 is 2.03. The zero-order valence-corrected chi connectivity index (χ0v) is 28.3. The van der Waals surface area contributed by atoms with Gasteiger partial charge in [-0.2, -0.15) is 0 Å². The first kappa shape index (κ1) is 38.1. The van der Waals surface area contributed by atoms with Crippen LogP contribution < -0.4 is 10.6 Å². The molecule has 6 atom stereocenters. The number of ketones is 2. The van der Waals surface area contributed by atoms with Crippen LogP contribution in [-0.4, -0.2) is 82.2 Å². The molecule has 4 bridgehead atoms. The summed E-state index contributed by atoms with van der Waals surface area (Å²) in [6.45, 7) is 12.4. The molecule has 0 spiro atoms. The van der Waals surface area contributed by atoms with Gasteiger partial charge < -0.3 is 20.8 Å². The maximum Gasteiger partial charge on any atom is 0.140 e. The number of aliphatic hydroxyl groups excluding tert-OH is 2. The number of hydrogen-bond acceptors (Lipinski definition) is 14. The van der Waals surface area contributed by atoms with Crippen molar-refractivity contribution in [1.29, 1.82) is 0 Å². The molecule has 6 aliphatic rings. The molecule has 0 aromatic rings. The number of carbonyl (C=O) groups excluding carboxylic acids is 2. The first-order valence-corrected chi connectivity index (χ1v) is 17.7. The summed E-state index contributed by atoms with van der Waals surface area (Å²) in [7, 11) is 0. The Hall–Kier alpha value is -0.360. The van der Waals surface area contributed by atoms with E-state index in [-0.39, 0.29) is 33.9 Å². The highest BCUT2D eigenvalue weighted by atomic mass is 32.2. The lowest BCUT2D eigenvalue weighted by molar-refractivity contribution is -0.432. The van der Waals surface area contributed by atoms with E-state index in [1.54, 1.807) is 0 Å². The number of carbonyl (C=O) groups is 2. The number of β-amino-alcohol motifs (C(OH)–C–C–N with tert-alkyl or cyclic N) is 2. The minimum absolute atomic E-state index is 0.0515. The Morgan fingerprint density at radius 2 is 1.09 bits per heavy atom. The minimum Gasteiger partial charge on any atom is -0.392 e. The van der Waals surface area contributed by atoms with E-state index in [9.17, 15) is 9.59 Å². The molecule has 14 heteroatoms. The molecule has 4 saturated carbocycles. The minimum atomic E-state index is -0.277. The Labute approximate surface area is 270 Å². The van der Waals surface area contributed by atoms with E-state index in [0.29, 0.717) is 47.7 Å².